The van der Waals surface area contributed by atoms with E-state index in [1.807, 2.05) is 6.92 Å². The maximum absolute atomic E-state index is 11.9. The van der Waals surface area contributed by atoms with E-state index in [0.29, 0.717) is 18.7 Å². The Labute approximate surface area is 113 Å². The minimum atomic E-state index is -0.831. The van der Waals surface area contributed by atoms with Gasteiger partial charge >= 0.3 is 11.7 Å². The summed E-state index contributed by atoms with van der Waals surface area (Å²) in [5.41, 5.74) is 2.16. The van der Waals surface area contributed by atoms with Gasteiger partial charge in [0.2, 0.25) is 0 Å². The Balaban J connectivity index is 3.00. The molecule has 0 saturated carbocycles. The van der Waals surface area contributed by atoms with Crippen LogP contribution in [0.25, 0.3) is 0 Å². The van der Waals surface area contributed by atoms with E-state index in [-0.39, 0.29) is 12.1 Å². The summed E-state index contributed by atoms with van der Waals surface area (Å²) in [5.74, 6) is -0.831. The normalized spacial score (nSPS) is 10.7. The highest BCUT2D eigenvalue weighted by atomic mass is 16.4. The fourth-order valence-corrected chi connectivity index (χ4v) is 2.22. The summed E-state index contributed by atoms with van der Waals surface area (Å²) in [7, 11) is 0. The van der Waals surface area contributed by atoms with Crippen molar-refractivity contribution < 1.29 is 9.90 Å². The molecule has 0 saturated heterocycles. The molecule has 1 rings (SSSR count). The van der Waals surface area contributed by atoms with E-state index < -0.39 is 5.97 Å². The van der Waals surface area contributed by atoms with Crippen LogP contribution >= 0.6 is 0 Å². The summed E-state index contributed by atoms with van der Waals surface area (Å²) in [6.45, 7) is 6.41. The molecule has 106 valence electrons. The quantitative estimate of drug-likeness (QED) is 0.767. The third-order valence-electron chi connectivity index (χ3n) is 3.35. The maximum Gasteiger partial charge on any atom is 0.347 e. The molecule has 0 aliphatic heterocycles. The van der Waals surface area contributed by atoms with Crippen LogP contribution in [0.5, 0.6) is 0 Å². The van der Waals surface area contributed by atoms with Crippen molar-refractivity contribution in [3.05, 3.63) is 27.4 Å². The number of unbranched alkanes of at least 4 members (excludes halogenated alkanes) is 2. The SMILES string of the molecule is CCCCCn1c(C)c(CCC(=O)O)c(C)nc1=O. The number of carbonyl (C=O) groups is 1. The molecule has 0 fully saturated rings. The van der Waals surface area contributed by atoms with E-state index in [2.05, 4.69) is 11.9 Å². The molecule has 5 heteroatoms. The van der Waals surface area contributed by atoms with Crippen LogP contribution in [-0.2, 0) is 17.8 Å². The highest BCUT2D eigenvalue weighted by Crippen LogP contribution is 2.12. The standard InChI is InChI=1S/C14H22N2O3/c1-4-5-6-9-16-11(3)12(7-8-13(17)18)10(2)15-14(16)19/h4-9H2,1-3H3,(H,17,18). The topological polar surface area (TPSA) is 72.2 Å². The number of aromatic nitrogens is 2. The van der Waals surface area contributed by atoms with E-state index in [1.54, 1.807) is 11.5 Å². The molecule has 0 bridgehead atoms. The maximum atomic E-state index is 11.9. The number of nitrogens with zero attached hydrogens (tertiary/aromatic N) is 2. The molecule has 19 heavy (non-hydrogen) atoms. The molecule has 0 aliphatic rings. The highest BCUT2D eigenvalue weighted by molar-refractivity contribution is 5.67. The van der Waals surface area contributed by atoms with Gasteiger partial charge in [-0.3, -0.25) is 9.36 Å². The fourth-order valence-electron chi connectivity index (χ4n) is 2.22. The minimum absolute atomic E-state index is 0.0660. The lowest BCUT2D eigenvalue weighted by atomic mass is 10.1. The molecule has 0 amide bonds. The average molecular weight is 266 g/mol. The van der Waals surface area contributed by atoms with Gasteiger partial charge in [0.05, 0.1) is 0 Å². The molecule has 0 aliphatic carbocycles. The predicted molar refractivity (Wildman–Crippen MR) is 73.5 cm³/mol. The largest absolute Gasteiger partial charge is 0.481 e. The third-order valence-corrected chi connectivity index (χ3v) is 3.35. The van der Waals surface area contributed by atoms with Gasteiger partial charge in [0.15, 0.2) is 0 Å². The molecular weight excluding hydrogens is 244 g/mol. The molecule has 1 aromatic heterocycles. The van der Waals surface area contributed by atoms with E-state index in [4.69, 9.17) is 5.11 Å². The molecule has 0 aromatic carbocycles. The van der Waals surface area contributed by atoms with Crippen molar-refractivity contribution >= 4 is 5.97 Å². The smallest absolute Gasteiger partial charge is 0.347 e. The van der Waals surface area contributed by atoms with Gasteiger partial charge in [0, 0.05) is 24.4 Å². The molecular formula is C14H22N2O3. The number of hydrogen-bond donors (Lipinski definition) is 1. The summed E-state index contributed by atoms with van der Waals surface area (Å²) >= 11 is 0. The zero-order chi connectivity index (χ0) is 14.4. The van der Waals surface area contributed by atoms with Gasteiger partial charge in [-0.05, 0) is 32.3 Å². The highest BCUT2D eigenvalue weighted by Gasteiger charge is 2.12. The Kier molecular flexibility index (Phi) is 5.73. The van der Waals surface area contributed by atoms with E-state index >= 15 is 0 Å². The van der Waals surface area contributed by atoms with E-state index in [9.17, 15) is 9.59 Å². The number of carboxylic acids is 1. The van der Waals surface area contributed by atoms with Crippen molar-refractivity contribution in [1.82, 2.24) is 9.55 Å². The second kappa shape index (κ2) is 7.07. The van der Waals surface area contributed by atoms with Crippen LogP contribution in [0.15, 0.2) is 4.79 Å². The summed E-state index contributed by atoms with van der Waals surface area (Å²) in [4.78, 5) is 26.6. The molecule has 0 atom stereocenters. The Morgan fingerprint density at radius 3 is 2.58 bits per heavy atom. The number of carboxylic acid groups (broad SMARTS) is 1. The van der Waals surface area contributed by atoms with Crippen LogP contribution in [-0.4, -0.2) is 20.6 Å². The van der Waals surface area contributed by atoms with Crippen molar-refractivity contribution in [2.24, 2.45) is 0 Å². The first-order chi connectivity index (χ1) is 8.97. The Hall–Kier alpha value is -1.65. The summed E-state index contributed by atoms with van der Waals surface area (Å²) in [6, 6.07) is 0. The van der Waals surface area contributed by atoms with Gasteiger partial charge in [-0.2, -0.15) is 4.98 Å². The predicted octanol–water partition coefficient (Wildman–Crippen LogP) is 2.07. The van der Waals surface area contributed by atoms with E-state index in [1.165, 1.54) is 0 Å². The molecule has 0 unspecified atom stereocenters. The second-order valence-corrected chi connectivity index (χ2v) is 4.80. The van der Waals surface area contributed by atoms with Crippen molar-refractivity contribution in [1.29, 1.82) is 0 Å². The molecule has 1 N–H and O–H groups in total. The lowest BCUT2D eigenvalue weighted by Gasteiger charge is -2.14. The first kappa shape index (κ1) is 15.4. The van der Waals surface area contributed by atoms with Gasteiger partial charge in [-0.1, -0.05) is 19.8 Å². The molecule has 0 spiro atoms. The third kappa shape index (κ3) is 4.19. The number of aryl methyl sites for hydroxylation is 1. The Morgan fingerprint density at radius 2 is 2.00 bits per heavy atom. The second-order valence-electron chi connectivity index (χ2n) is 4.80. The van der Waals surface area contributed by atoms with Crippen molar-refractivity contribution in [2.75, 3.05) is 0 Å². The molecule has 1 aromatic rings. The summed E-state index contributed by atoms with van der Waals surface area (Å²) < 4.78 is 1.67. The number of rotatable bonds is 7. The van der Waals surface area contributed by atoms with E-state index in [0.717, 1.165) is 30.5 Å². The van der Waals surface area contributed by atoms with Crippen LogP contribution < -0.4 is 5.69 Å². The summed E-state index contributed by atoms with van der Waals surface area (Å²) in [6.07, 6.45) is 3.61. The monoisotopic (exact) mass is 266 g/mol. The van der Waals surface area contributed by atoms with Crippen LogP contribution in [0.1, 0.15) is 49.6 Å². The van der Waals surface area contributed by atoms with Crippen LogP contribution in [0.3, 0.4) is 0 Å². The lowest BCUT2D eigenvalue weighted by molar-refractivity contribution is -0.136. The van der Waals surface area contributed by atoms with Gasteiger partial charge < -0.3 is 5.11 Å². The van der Waals surface area contributed by atoms with Crippen molar-refractivity contribution in [3.8, 4) is 0 Å². The van der Waals surface area contributed by atoms with Gasteiger partial charge in [0.25, 0.3) is 0 Å². The van der Waals surface area contributed by atoms with Crippen molar-refractivity contribution in [3.63, 3.8) is 0 Å². The average Bonchev–Trinajstić information content (AvgIpc) is 2.32. The minimum Gasteiger partial charge on any atom is -0.481 e. The molecule has 5 nitrogen and oxygen atoms in total. The lowest BCUT2D eigenvalue weighted by Crippen LogP contribution is -2.28. The van der Waals surface area contributed by atoms with Gasteiger partial charge in [-0.25, -0.2) is 4.79 Å². The zero-order valence-electron chi connectivity index (χ0n) is 11.9. The fraction of sp³-hybridized carbons (Fsp3) is 0.643. The Bertz CT molecular complexity index is 506. The van der Waals surface area contributed by atoms with Crippen LogP contribution in [0.4, 0.5) is 0 Å². The number of aliphatic carboxylic acids is 1. The van der Waals surface area contributed by atoms with Crippen LogP contribution in [0, 0.1) is 13.8 Å². The van der Waals surface area contributed by atoms with Gasteiger partial charge in [0.1, 0.15) is 0 Å². The van der Waals surface area contributed by atoms with Crippen molar-refractivity contribution in [2.45, 2.75) is 59.4 Å². The van der Waals surface area contributed by atoms with Crippen LogP contribution in [0.2, 0.25) is 0 Å². The number of hydrogen-bond acceptors (Lipinski definition) is 3. The summed E-state index contributed by atoms with van der Waals surface area (Å²) in [5, 5.41) is 8.76. The molecule has 0 radical (unpaired) electrons. The first-order valence-electron chi connectivity index (χ1n) is 6.76. The first-order valence-corrected chi connectivity index (χ1v) is 6.76. The zero-order valence-corrected chi connectivity index (χ0v) is 11.9. The van der Waals surface area contributed by atoms with Gasteiger partial charge in [-0.15, -0.1) is 0 Å². The molecule has 1 heterocycles. The Morgan fingerprint density at radius 1 is 1.32 bits per heavy atom.